The lowest BCUT2D eigenvalue weighted by Crippen LogP contribution is -2.14. The van der Waals surface area contributed by atoms with Gasteiger partial charge in [0.2, 0.25) is 0 Å². The van der Waals surface area contributed by atoms with E-state index in [1.54, 1.807) is 6.08 Å². The maximum absolute atomic E-state index is 5.79. The molecule has 24 heavy (non-hydrogen) atoms. The molecule has 0 saturated carbocycles. The summed E-state index contributed by atoms with van der Waals surface area (Å²) in [5, 5.41) is 4.35. The van der Waals surface area contributed by atoms with Crippen LogP contribution >= 0.6 is 23.2 Å². The Labute approximate surface area is 151 Å². The normalized spacial score (nSPS) is 14.8. The molecule has 0 bridgehead atoms. The number of ether oxygens (including phenoxy) is 1. The van der Waals surface area contributed by atoms with Gasteiger partial charge in [0.25, 0.3) is 0 Å². The first-order chi connectivity index (χ1) is 11.7. The molecule has 0 spiro atoms. The van der Waals surface area contributed by atoms with Crippen molar-refractivity contribution in [3.63, 3.8) is 0 Å². The van der Waals surface area contributed by atoms with E-state index in [9.17, 15) is 0 Å². The Morgan fingerprint density at radius 3 is 2.67 bits per heavy atom. The maximum Gasteiger partial charge on any atom is 0.157 e. The van der Waals surface area contributed by atoms with Gasteiger partial charge in [-0.1, -0.05) is 58.7 Å². The standard InChI is InChI=1S/C19H17Cl2NO2/c20-19(21)12-13-23-18-11-5-8-15-16(18)9-4-10-17(15)22-24-14-6-2-1-3-7-14/h1-3,5-8,11-12H,4,9-10,13H2/b22-17+. The summed E-state index contributed by atoms with van der Waals surface area (Å²) in [4.78, 5) is 5.56. The van der Waals surface area contributed by atoms with E-state index in [0.29, 0.717) is 6.61 Å². The molecule has 2 aromatic rings. The topological polar surface area (TPSA) is 30.8 Å². The molecule has 0 atom stereocenters. The Kier molecular flexibility index (Phi) is 5.78. The van der Waals surface area contributed by atoms with Crippen molar-refractivity contribution in [3.05, 3.63) is 70.2 Å². The monoisotopic (exact) mass is 361 g/mol. The van der Waals surface area contributed by atoms with E-state index >= 15 is 0 Å². The lowest BCUT2D eigenvalue weighted by Gasteiger charge is -2.20. The number of para-hydroxylation sites is 1. The minimum atomic E-state index is 0.207. The predicted octanol–water partition coefficient (Wildman–Crippen LogP) is 5.50. The van der Waals surface area contributed by atoms with E-state index in [4.69, 9.17) is 32.8 Å². The first kappa shape index (κ1) is 16.9. The zero-order valence-corrected chi connectivity index (χ0v) is 14.6. The van der Waals surface area contributed by atoms with Gasteiger partial charge in [-0.2, -0.15) is 0 Å². The van der Waals surface area contributed by atoms with Gasteiger partial charge in [0.1, 0.15) is 16.8 Å². The fourth-order valence-electron chi connectivity index (χ4n) is 2.67. The van der Waals surface area contributed by atoms with Crippen LogP contribution in [0, 0.1) is 0 Å². The van der Waals surface area contributed by atoms with E-state index in [1.165, 1.54) is 0 Å². The second kappa shape index (κ2) is 8.22. The zero-order chi connectivity index (χ0) is 16.8. The van der Waals surface area contributed by atoms with Crippen molar-refractivity contribution in [1.82, 2.24) is 0 Å². The highest BCUT2D eigenvalue weighted by Crippen LogP contribution is 2.30. The smallest absolute Gasteiger partial charge is 0.157 e. The number of benzene rings is 2. The Balaban J connectivity index is 1.81. The lowest BCUT2D eigenvalue weighted by molar-refractivity contribution is 0.339. The number of oxime groups is 1. The van der Waals surface area contributed by atoms with Crippen molar-refractivity contribution in [3.8, 4) is 11.5 Å². The van der Waals surface area contributed by atoms with Crippen LogP contribution < -0.4 is 9.57 Å². The number of nitrogens with zero attached hydrogens (tertiary/aromatic N) is 1. The zero-order valence-electron chi connectivity index (χ0n) is 13.0. The van der Waals surface area contributed by atoms with Gasteiger partial charge in [-0.15, -0.1) is 0 Å². The van der Waals surface area contributed by atoms with Crippen molar-refractivity contribution in [2.75, 3.05) is 6.61 Å². The number of fused-ring (bicyclic) bond motifs is 1. The Morgan fingerprint density at radius 2 is 1.88 bits per heavy atom. The molecule has 124 valence electrons. The van der Waals surface area contributed by atoms with E-state index < -0.39 is 0 Å². The van der Waals surface area contributed by atoms with Crippen LogP contribution in [0.2, 0.25) is 0 Å². The van der Waals surface area contributed by atoms with Gasteiger partial charge in [0, 0.05) is 11.1 Å². The largest absolute Gasteiger partial charge is 0.489 e. The predicted molar refractivity (Wildman–Crippen MR) is 98.3 cm³/mol. The summed E-state index contributed by atoms with van der Waals surface area (Å²) in [5.41, 5.74) is 3.17. The van der Waals surface area contributed by atoms with Crippen LogP contribution in [-0.4, -0.2) is 12.3 Å². The third kappa shape index (κ3) is 4.31. The summed E-state index contributed by atoms with van der Waals surface area (Å²) in [6.07, 6.45) is 4.47. The third-order valence-corrected chi connectivity index (χ3v) is 4.07. The second-order valence-corrected chi connectivity index (χ2v) is 6.39. The average molecular weight is 362 g/mol. The molecule has 3 rings (SSSR count). The first-order valence-electron chi connectivity index (χ1n) is 7.79. The molecule has 0 unspecified atom stereocenters. The molecule has 2 aromatic carbocycles. The molecule has 0 radical (unpaired) electrons. The van der Waals surface area contributed by atoms with Crippen molar-refractivity contribution >= 4 is 28.9 Å². The molecule has 5 heteroatoms. The van der Waals surface area contributed by atoms with Crippen LogP contribution in [0.3, 0.4) is 0 Å². The van der Waals surface area contributed by atoms with Crippen LogP contribution in [0.5, 0.6) is 11.5 Å². The minimum Gasteiger partial charge on any atom is -0.489 e. The number of hydrogen-bond donors (Lipinski definition) is 0. The summed E-state index contributed by atoms with van der Waals surface area (Å²) < 4.78 is 5.99. The summed E-state index contributed by atoms with van der Waals surface area (Å²) in [6, 6.07) is 15.5. The number of rotatable bonds is 5. The Hall–Kier alpha value is -1.97. The van der Waals surface area contributed by atoms with Gasteiger partial charge in [-0.05, 0) is 43.5 Å². The third-order valence-electron chi connectivity index (χ3n) is 3.77. The average Bonchev–Trinajstić information content (AvgIpc) is 2.61. The van der Waals surface area contributed by atoms with Crippen LogP contribution in [0.15, 0.2) is 64.3 Å². The van der Waals surface area contributed by atoms with E-state index in [2.05, 4.69) is 11.2 Å². The van der Waals surface area contributed by atoms with Crippen LogP contribution in [0.25, 0.3) is 0 Å². The molecular formula is C19H17Cl2NO2. The molecule has 0 amide bonds. The SMILES string of the molecule is ClC(Cl)=CCOc1cccc2c1CCC/C2=N\Oc1ccccc1. The van der Waals surface area contributed by atoms with Gasteiger partial charge < -0.3 is 9.57 Å². The highest BCUT2D eigenvalue weighted by atomic mass is 35.5. The van der Waals surface area contributed by atoms with Crippen molar-refractivity contribution in [2.24, 2.45) is 5.16 Å². The van der Waals surface area contributed by atoms with E-state index in [0.717, 1.165) is 47.6 Å². The molecule has 0 fully saturated rings. The highest BCUT2D eigenvalue weighted by molar-refractivity contribution is 6.55. The van der Waals surface area contributed by atoms with Crippen molar-refractivity contribution in [1.29, 1.82) is 0 Å². The molecule has 1 aliphatic carbocycles. The molecule has 3 nitrogen and oxygen atoms in total. The quantitative estimate of drug-likeness (QED) is 0.657. The number of hydrogen-bond acceptors (Lipinski definition) is 3. The fourth-order valence-corrected chi connectivity index (χ4v) is 2.80. The van der Waals surface area contributed by atoms with E-state index in [1.807, 2.05) is 42.5 Å². The van der Waals surface area contributed by atoms with Gasteiger partial charge in [0.05, 0.1) is 5.71 Å². The minimum absolute atomic E-state index is 0.207. The van der Waals surface area contributed by atoms with Crippen LogP contribution in [0.1, 0.15) is 24.0 Å². The fraction of sp³-hybridized carbons (Fsp3) is 0.211. The molecule has 0 aromatic heterocycles. The highest BCUT2D eigenvalue weighted by Gasteiger charge is 2.19. The molecule has 0 saturated heterocycles. The summed E-state index contributed by atoms with van der Waals surface area (Å²) in [6.45, 7) is 0.339. The van der Waals surface area contributed by atoms with Crippen LogP contribution in [-0.2, 0) is 6.42 Å². The Morgan fingerprint density at radius 1 is 1.04 bits per heavy atom. The maximum atomic E-state index is 5.79. The van der Waals surface area contributed by atoms with E-state index in [-0.39, 0.29) is 4.49 Å². The molecule has 1 aliphatic rings. The summed E-state index contributed by atoms with van der Waals surface area (Å²) in [7, 11) is 0. The Bertz CT molecular complexity index is 753. The lowest BCUT2D eigenvalue weighted by atomic mass is 9.89. The molecule has 0 aliphatic heterocycles. The van der Waals surface area contributed by atoms with Gasteiger partial charge in [0.15, 0.2) is 5.75 Å². The van der Waals surface area contributed by atoms with Crippen molar-refractivity contribution in [2.45, 2.75) is 19.3 Å². The molecule has 0 N–H and O–H groups in total. The van der Waals surface area contributed by atoms with Crippen LogP contribution in [0.4, 0.5) is 0 Å². The second-order valence-electron chi connectivity index (χ2n) is 5.38. The van der Waals surface area contributed by atoms with Gasteiger partial charge >= 0.3 is 0 Å². The van der Waals surface area contributed by atoms with Gasteiger partial charge in [-0.3, -0.25) is 0 Å². The van der Waals surface area contributed by atoms with Crippen molar-refractivity contribution < 1.29 is 9.57 Å². The summed E-state index contributed by atoms with van der Waals surface area (Å²) in [5.74, 6) is 1.57. The summed E-state index contributed by atoms with van der Waals surface area (Å²) >= 11 is 11.2. The van der Waals surface area contributed by atoms with Gasteiger partial charge in [-0.25, -0.2) is 0 Å². The molecular weight excluding hydrogens is 345 g/mol. The first-order valence-corrected chi connectivity index (χ1v) is 8.55. The molecule has 0 heterocycles. The number of halogens is 2.